The SMILES string of the molecule is O=C1CCC(c2ccc(N3CC4(CCNCC4)C3)cc2)C(=O)N1. The predicted molar refractivity (Wildman–Crippen MR) is 88.3 cm³/mol. The highest BCUT2D eigenvalue weighted by Crippen LogP contribution is 2.41. The summed E-state index contributed by atoms with van der Waals surface area (Å²) < 4.78 is 0. The molecule has 0 aliphatic carbocycles. The number of carbonyl (C=O) groups is 2. The molecule has 1 unspecified atom stereocenters. The minimum Gasteiger partial charge on any atom is -0.370 e. The molecule has 3 aliphatic rings. The summed E-state index contributed by atoms with van der Waals surface area (Å²) in [6, 6.07) is 8.32. The number of benzene rings is 1. The molecule has 122 valence electrons. The summed E-state index contributed by atoms with van der Waals surface area (Å²) in [5.74, 6) is -0.503. The number of nitrogens with zero attached hydrogens (tertiary/aromatic N) is 1. The normalized spacial score (nSPS) is 26.8. The van der Waals surface area contributed by atoms with Gasteiger partial charge in [0, 0.05) is 30.6 Å². The molecule has 1 aromatic carbocycles. The molecule has 3 saturated heterocycles. The van der Waals surface area contributed by atoms with E-state index in [2.05, 4.69) is 27.7 Å². The molecule has 4 rings (SSSR count). The van der Waals surface area contributed by atoms with Crippen LogP contribution < -0.4 is 15.5 Å². The maximum atomic E-state index is 11.9. The van der Waals surface area contributed by atoms with E-state index in [0.717, 1.165) is 31.7 Å². The van der Waals surface area contributed by atoms with E-state index in [0.29, 0.717) is 18.3 Å². The summed E-state index contributed by atoms with van der Waals surface area (Å²) >= 11 is 0. The van der Waals surface area contributed by atoms with Crippen LogP contribution in [0, 0.1) is 5.41 Å². The summed E-state index contributed by atoms with van der Waals surface area (Å²) in [6.07, 6.45) is 3.60. The fraction of sp³-hybridized carbons (Fsp3) is 0.556. The summed E-state index contributed by atoms with van der Waals surface area (Å²) in [6.45, 7) is 4.57. The second kappa shape index (κ2) is 5.64. The molecule has 1 atom stereocenters. The molecule has 0 saturated carbocycles. The predicted octanol–water partition coefficient (Wildman–Crippen LogP) is 1.40. The number of piperidine rings is 2. The molecule has 2 amide bonds. The fourth-order valence-corrected chi connectivity index (χ4v) is 4.15. The van der Waals surface area contributed by atoms with Crippen molar-refractivity contribution in [3.05, 3.63) is 29.8 Å². The lowest BCUT2D eigenvalue weighted by atomic mass is 9.72. The third-order valence-corrected chi connectivity index (χ3v) is 5.62. The van der Waals surface area contributed by atoms with E-state index in [9.17, 15) is 9.59 Å². The van der Waals surface area contributed by atoms with Crippen LogP contribution in [0.25, 0.3) is 0 Å². The van der Waals surface area contributed by atoms with E-state index in [4.69, 9.17) is 0 Å². The summed E-state index contributed by atoms with van der Waals surface area (Å²) in [4.78, 5) is 25.6. The Morgan fingerprint density at radius 2 is 1.74 bits per heavy atom. The van der Waals surface area contributed by atoms with Gasteiger partial charge in [0.15, 0.2) is 0 Å². The molecule has 3 fully saturated rings. The molecular weight excluding hydrogens is 290 g/mol. The lowest BCUT2D eigenvalue weighted by Crippen LogP contribution is -2.60. The van der Waals surface area contributed by atoms with E-state index < -0.39 is 0 Å². The number of anilines is 1. The Morgan fingerprint density at radius 3 is 2.39 bits per heavy atom. The van der Waals surface area contributed by atoms with Gasteiger partial charge in [-0.15, -0.1) is 0 Å². The summed E-state index contributed by atoms with van der Waals surface area (Å²) in [5.41, 5.74) is 2.77. The average Bonchev–Trinajstić information content (AvgIpc) is 2.54. The number of hydrogen-bond donors (Lipinski definition) is 2. The second-order valence-corrected chi connectivity index (χ2v) is 7.20. The number of rotatable bonds is 2. The zero-order valence-corrected chi connectivity index (χ0v) is 13.3. The van der Waals surface area contributed by atoms with Crippen LogP contribution in [0.3, 0.4) is 0 Å². The Balaban J connectivity index is 1.41. The number of amides is 2. The molecule has 5 heteroatoms. The minimum absolute atomic E-state index is 0.157. The van der Waals surface area contributed by atoms with Crippen molar-refractivity contribution >= 4 is 17.5 Å². The molecule has 1 spiro atoms. The van der Waals surface area contributed by atoms with Gasteiger partial charge in [0.05, 0.1) is 5.92 Å². The average molecular weight is 313 g/mol. The molecule has 5 nitrogen and oxygen atoms in total. The van der Waals surface area contributed by atoms with Gasteiger partial charge < -0.3 is 10.2 Å². The minimum atomic E-state index is -0.186. The Bertz CT molecular complexity index is 612. The molecule has 0 bridgehead atoms. The van der Waals surface area contributed by atoms with E-state index in [1.54, 1.807) is 0 Å². The van der Waals surface area contributed by atoms with Crippen molar-refractivity contribution in [2.75, 3.05) is 31.1 Å². The Hall–Kier alpha value is -1.88. The van der Waals surface area contributed by atoms with Crippen molar-refractivity contribution in [1.29, 1.82) is 0 Å². The largest absolute Gasteiger partial charge is 0.370 e. The molecule has 1 aromatic rings. The van der Waals surface area contributed by atoms with Crippen molar-refractivity contribution in [3.63, 3.8) is 0 Å². The maximum absolute atomic E-state index is 11.9. The number of carbonyl (C=O) groups excluding carboxylic acids is 2. The van der Waals surface area contributed by atoms with Crippen LogP contribution >= 0.6 is 0 Å². The zero-order chi connectivity index (χ0) is 15.9. The van der Waals surface area contributed by atoms with E-state index in [1.807, 2.05) is 12.1 Å². The molecule has 0 aromatic heterocycles. The first-order valence-electron chi connectivity index (χ1n) is 8.55. The van der Waals surface area contributed by atoms with E-state index in [-0.39, 0.29) is 17.7 Å². The van der Waals surface area contributed by atoms with Crippen molar-refractivity contribution in [3.8, 4) is 0 Å². The summed E-state index contributed by atoms with van der Waals surface area (Å²) in [5, 5.41) is 5.87. The maximum Gasteiger partial charge on any atom is 0.234 e. The fourth-order valence-electron chi connectivity index (χ4n) is 4.15. The van der Waals surface area contributed by atoms with E-state index >= 15 is 0 Å². The molecular formula is C18H23N3O2. The smallest absolute Gasteiger partial charge is 0.234 e. The lowest BCUT2D eigenvalue weighted by molar-refractivity contribution is -0.134. The standard InChI is InChI=1S/C18H23N3O2/c22-16-6-5-15(17(23)20-16)13-1-3-14(4-2-13)21-11-18(12-21)7-9-19-10-8-18/h1-4,15,19H,5-12H2,(H,20,22,23). The Morgan fingerprint density at radius 1 is 1.04 bits per heavy atom. The van der Waals surface area contributed by atoms with Crippen LogP contribution in [-0.4, -0.2) is 38.0 Å². The molecule has 0 radical (unpaired) electrons. The van der Waals surface area contributed by atoms with Crippen LogP contribution in [0.2, 0.25) is 0 Å². The van der Waals surface area contributed by atoms with Crippen LogP contribution in [0.15, 0.2) is 24.3 Å². The first-order chi connectivity index (χ1) is 11.2. The third-order valence-electron chi connectivity index (χ3n) is 5.62. The van der Waals surface area contributed by atoms with Gasteiger partial charge in [-0.25, -0.2) is 0 Å². The Labute approximate surface area is 136 Å². The number of hydrogen-bond acceptors (Lipinski definition) is 4. The third kappa shape index (κ3) is 2.74. The quantitative estimate of drug-likeness (QED) is 0.810. The Kier molecular flexibility index (Phi) is 3.60. The monoisotopic (exact) mass is 313 g/mol. The van der Waals surface area contributed by atoms with Gasteiger partial charge in [-0.3, -0.25) is 14.9 Å². The zero-order valence-electron chi connectivity index (χ0n) is 13.3. The van der Waals surface area contributed by atoms with Crippen molar-refractivity contribution in [2.45, 2.75) is 31.6 Å². The van der Waals surface area contributed by atoms with Crippen LogP contribution in [0.5, 0.6) is 0 Å². The topological polar surface area (TPSA) is 61.4 Å². The molecule has 2 N–H and O–H groups in total. The van der Waals surface area contributed by atoms with Gasteiger partial charge in [0.2, 0.25) is 11.8 Å². The van der Waals surface area contributed by atoms with Gasteiger partial charge in [0.25, 0.3) is 0 Å². The first kappa shape index (κ1) is 14.7. The van der Waals surface area contributed by atoms with Crippen LogP contribution in [-0.2, 0) is 9.59 Å². The second-order valence-electron chi connectivity index (χ2n) is 7.20. The van der Waals surface area contributed by atoms with Gasteiger partial charge in [0.1, 0.15) is 0 Å². The number of nitrogens with one attached hydrogen (secondary N) is 2. The molecule has 3 aliphatic heterocycles. The van der Waals surface area contributed by atoms with Crippen molar-refractivity contribution in [2.24, 2.45) is 5.41 Å². The van der Waals surface area contributed by atoms with Gasteiger partial charge in [-0.2, -0.15) is 0 Å². The highest BCUT2D eigenvalue weighted by Gasteiger charge is 2.43. The molecule has 23 heavy (non-hydrogen) atoms. The summed E-state index contributed by atoms with van der Waals surface area (Å²) in [7, 11) is 0. The van der Waals surface area contributed by atoms with Gasteiger partial charge >= 0.3 is 0 Å². The van der Waals surface area contributed by atoms with Crippen LogP contribution in [0.4, 0.5) is 5.69 Å². The van der Waals surface area contributed by atoms with Crippen molar-refractivity contribution in [1.82, 2.24) is 10.6 Å². The van der Waals surface area contributed by atoms with Gasteiger partial charge in [-0.05, 0) is 50.0 Å². The molecule has 3 heterocycles. The highest BCUT2D eigenvalue weighted by atomic mass is 16.2. The highest BCUT2D eigenvalue weighted by molar-refractivity contribution is 6.00. The first-order valence-corrected chi connectivity index (χ1v) is 8.55. The van der Waals surface area contributed by atoms with Crippen LogP contribution in [0.1, 0.15) is 37.2 Å². The number of imide groups is 1. The van der Waals surface area contributed by atoms with Gasteiger partial charge in [-0.1, -0.05) is 12.1 Å². The van der Waals surface area contributed by atoms with Crippen molar-refractivity contribution < 1.29 is 9.59 Å². The van der Waals surface area contributed by atoms with E-state index in [1.165, 1.54) is 18.5 Å². The lowest BCUT2D eigenvalue weighted by Gasteiger charge is -2.53.